The molecular formula is C12H19N3O3. The van der Waals surface area contributed by atoms with Crippen molar-refractivity contribution >= 4 is 5.97 Å². The number of methoxy groups -OCH3 is 1. The van der Waals surface area contributed by atoms with Gasteiger partial charge in [0.15, 0.2) is 5.69 Å². The summed E-state index contributed by atoms with van der Waals surface area (Å²) < 4.78 is 6.74. The van der Waals surface area contributed by atoms with E-state index in [2.05, 4.69) is 10.3 Å². The molecule has 1 aliphatic rings. The molecule has 0 unspecified atom stereocenters. The van der Waals surface area contributed by atoms with Gasteiger partial charge in [0.05, 0.1) is 12.3 Å². The van der Waals surface area contributed by atoms with Gasteiger partial charge in [0.1, 0.15) is 0 Å². The van der Waals surface area contributed by atoms with Crippen molar-refractivity contribution in [3.05, 3.63) is 11.4 Å². The zero-order chi connectivity index (χ0) is 13.0. The molecule has 0 atom stereocenters. The van der Waals surface area contributed by atoms with Crippen LogP contribution in [0.3, 0.4) is 0 Å². The number of carbonyl (C=O) groups is 1. The summed E-state index contributed by atoms with van der Waals surface area (Å²) >= 11 is 0. The lowest BCUT2D eigenvalue weighted by atomic mass is 9.89. The van der Waals surface area contributed by atoms with Crippen LogP contribution in [0.5, 0.6) is 0 Å². The Bertz CT molecular complexity index is 411. The second-order valence-corrected chi connectivity index (χ2v) is 4.81. The van der Waals surface area contributed by atoms with E-state index in [-0.39, 0.29) is 12.3 Å². The molecule has 18 heavy (non-hydrogen) atoms. The predicted molar refractivity (Wildman–Crippen MR) is 64.3 cm³/mol. The molecule has 1 heterocycles. The lowest BCUT2D eigenvalue weighted by Crippen LogP contribution is -2.18. The summed E-state index contributed by atoms with van der Waals surface area (Å²) in [5, 5.41) is 16.7. The maximum atomic E-state index is 11.0. The normalized spacial score (nSPS) is 16.9. The van der Waals surface area contributed by atoms with Crippen molar-refractivity contribution in [2.45, 2.75) is 45.3 Å². The van der Waals surface area contributed by atoms with Crippen molar-refractivity contribution in [1.82, 2.24) is 15.0 Å². The molecule has 0 amide bonds. The first-order valence-electron chi connectivity index (χ1n) is 6.37. The van der Waals surface area contributed by atoms with Crippen molar-refractivity contribution in [1.29, 1.82) is 0 Å². The second kappa shape index (κ2) is 5.95. The fourth-order valence-corrected chi connectivity index (χ4v) is 2.54. The summed E-state index contributed by atoms with van der Waals surface area (Å²) in [5.74, 6) is -0.463. The summed E-state index contributed by atoms with van der Waals surface area (Å²) in [7, 11) is 1.55. The minimum Gasteiger partial charge on any atom is -0.476 e. The number of aromatic nitrogens is 3. The number of carboxylic acids is 1. The molecule has 1 saturated carbocycles. The molecule has 1 fully saturated rings. The van der Waals surface area contributed by atoms with Gasteiger partial charge in [-0.1, -0.05) is 24.5 Å². The predicted octanol–water partition coefficient (Wildman–Crippen LogP) is 1.70. The lowest BCUT2D eigenvalue weighted by Gasteiger charge is -2.21. The first-order valence-corrected chi connectivity index (χ1v) is 6.37. The van der Waals surface area contributed by atoms with Crippen molar-refractivity contribution in [2.75, 3.05) is 7.11 Å². The molecule has 0 spiro atoms. The van der Waals surface area contributed by atoms with Crippen LogP contribution in [0.1, 0.15) is 48.3 Å². The number of carboxylic acid groups (broad SMARTS) is 1. The molecule has 6 nitrogen and oxygen atoms in total. The van der Waals surface area contributed by atoms with E-state index in [1.807, 2.05) is 0 Å². The van der Waals surface area contributed by atoms with E-state index >= 15 is 0 Å². The monoisotopic (exact) mass is 253 g/mol. The zero-order valence-corrected chi connectivity index (χ0v) is 10.6. The summed E-state index contributed by atoms with van der Waals surface area (Å²) in [5.41, 5.74) is 0.572. The molecule has 2 rings (SSSR count). The second-order valence-electron chi connectivity index (χ2n) is 4.81. The van der Waals surface area contributed by atoms with Crippen molar-refractivity contribution in [3.63, 3.8) is 0 Å². The number of hydrogen-bond acceptors (Lipinski definition) is 4. The van der Waals surface area contributed by atoms with E-state index in [0.717, 1.165) is 6.54 Å². The Morgan fingerprint density at radius 2 is 2.17 bits per heavy atom. The molecule has 100 valence electrons. The van der Waals surface area contributed by atoms with Crippen LogP contribution in [0.15, 0.2) is 0 Å². The SMILES string of the molecule is COCc1c(C(=O)O)nnn1CC1CCCCC1. The number of ether oxygens (including phenoxy) is 1. The van der Waals surface area contributed by atoms with Gasteiger partial charge in [-0.2, -0.15) is 0 Å². The Balaban J connectivity index is 2.13. The average molecular weight is 253 g/mol. The molecule has 0 aromatic carbocycles. The fourth-order valence-electron chi connectivity index (χ4n) is 2.54. The Labute approximate surface area is 106 Å². The molecule has 1 N–H and O–H groups in total. The lowest BCUT2D eigenvalue weighted by molar-refractivity contribution is 0.0684. The molecular weight excluding hydrogens is 234 g/mol. The Morgan fingerprint density at radius 3 is 2.78 bits per heavy atom. The largest absolute Gasteiger partial charge is 0.476 e. The summed E-state index contributed by atoms with van der Waals surface area (Å²) in [6, 6.07) is 0. The molecule has 0 aliphatic heterocycles. The third-order valence-corrected chi connectivity index (χ3v) is 3.48. The quantitative estimate of drug-likeness (QED) is 0.864. The molecule has 0 bridgehead atoms. The van der Waals surface area contributed by atoms with E-state index < -0.39 is 5.97 Å². The van der Waals surface area contributed by atoms with Gasteiger partial charge < -0.3 is 9.84 Å². The van der Waals surface area contributed by atoms with E-state index in [9.17, 15) is 4.79 Å². The van der Waals surface area contributed by atoms with Crippen LogP contribution in [-0.2, 0) is 17.9 Å². The van der Waals surface area contributed by atoms with E-state index in [1.54, 1.807) is 11.8 Å². The number of rotatable bonds is 5. The van der Waals surface area contributed by atoms with Gasteiger partial charge >= 0.3 is 5.97 Å². The van der Waals surface area contributed by atoms with Gasteiger partial charge in [-0.15, -0.1) is 5.10 Å². The van der Waals surface area contributed by atoms with Crippen LogP contribution in [0, 0.1) is 5.92 Å². The average Bonchev–Trinajstić information content (AvgIpc) is 2.74. The molecule has 0 saturated heterocycles. The molecule has 1 aromatic heterocycles. The van der Waals surface area contributed by atoms with Crippen molar-refractivity contribution in [3.8, 4) is 0 Å². The van der Waals surface area contributed by atoms with Crippen molar-refractivity contribution in [2.24, 2.45) is 5.92 Å². The van der Waals surface area contributed by atoms with E-state index in [4.69, 9.17) is 9.84 Å². The van der Waals surface area contributed by atoms with Gasteiger partial charge in [0.25, 0.3) is 0 Å². The zero-order valence-electron chi connectivity index (χ0n) is 10.6. The van der Waals surface area contributed by atoms with Crippen LogP contribution in [0.25, 0.3) is 0 Å². The maximum Gasteiger partial charge on any atom is 0.358 e. The van der Waals surface area contributed by atoms with Crippen LogP contribution in [-0.4, -0.2) is 33.2 Å². The van der Waals surface area contributed by atoms with E-state index in [0.29, 0.717) is 11.6 Å². The highest BCUT2D eigenvalue weighted by Crippen LogP contribution is 2.25. The van der Waals surface area contributed by atoms with Gasteiger partial charge in [0.2, 0.25) is 0 Å². The van der Waals surface area contributed by atoms with Gasteiger partial charge in [-0.05, 0) is 18.8 Å². The highest BCUT2D eigenvalue weighted by Gasteiger charge is 2.21. The summed E-state index contributed by atoms with van der Waals surface area (Å²) in [4.78, 5) is 11.0. The molecule has 1 aromatic rings. The third kappa shape index (κ3) is 2.87. The Morgan fingerprint density at radius 1 is 1.44 bits per heavy atom. The third-order valence-electron chi connectivity index (χ3n) is 3.48. The van der Waals surface area contributed by atoms with Gasteiger partial charge in [-0.25, -0.2) is 9.48 Å². The smallest absolute Gasteiger partial charge is 0.358 e. The van der Waals surface area contributed by atoms with E-state index in [1.165, 1.54) is 32.1 Å². The van der Waals surface area contributed by atoms with Gasteiger partial charge in [0, 0.05) is 13.7 Å². The maximum absolute atomic E-state index is 11.0. The summed E-state index contributed by atoms with van der Waals surface area (Å²) in [6.45, 7) is 0.986. The highest BCUT2D eigenvalue weighted by atomic mass is 16.5. The summed E-state index contributed by atoms with van der Waals surface area (Å²) in [6.07, 6.45) is 6.19. The fraction of sp³-hybridized carbons (Fsp3) is 0.750. The standard InChI is InChI=1S/C12H19N3O3/c1-18-8-10-11(12(16)17)13-14-15(10)7-9-5-3-2-4-6-9/h9H,2-8H2,1H3,(H,16,17). The minimum absolute atomic E-state index is 0.00709. The first kappa shape index (κ1) is 13.0. The molecule has 1 aliphatic carbocycles. The minimum atomic E-state index is -1.04. The van der Waals surface area contributed by atoms with Crippen LogP contribution in [0.2, 0.25) is 0 Å². The van der Waals surface area contributed by atoms with Gasteiger partial charge in [-0.3, -0.25) is 0 Å². The first-order chi connectivity index (χ1) is 8.72. The Hall–Kier alpha value is -1.43. The number of aromatic carboxylic acids is 1. The molecule has 6 heteroatoms. The van der Waals surface area contributed by atoms with Crippen LogP contribution >= 0.6 is 0 Å². The van der Waals surface area contributed by atoms with Crippen molar-refractivity contribution < 1.29 is 14.6 Å². The van der Waals surface area contributed by atoms with Crippen LogP contribution in [0.4, 0.5) is 0 Å². The highest BCUT2D eigenvalue weighted by molar-refractivity contribution is 5.86. The number of hydrogen-bond donors (Lipinski definition) is 1. The number of nitrogens with zero attached hydrogens (tertiary/aromatic N) is 3. The van der Waals surface area contributed by atoms with Crippen LogP contribution < -0.4 is 0 Å². The molecule has 0 radical (unpaired) electrons. The Kier molecular flexibility index (Phi) is 4.30. The topological polar surface area (TPSA) is 77.2 Å².